The molecule has 1 aromatic carbocycles. The van der Waals surface area contributed by atoms with Crippen molar-refractivity contribution in [3.63, 3.8) is 0 Å². The fraction of sp³-hybridized carbons (Fsp3) is 0.471. The third-order valence-corrected chi connectivity index (χ3v) is 3.29. The van der Waals surface area contributed by atoms with Gasteiger partial charge in [0.05, 0.1) is 20.1 Å². The summed E-state index contributed by atoms with van der Waals surface area (Å²) in [7, 11) is 1.27. The number of rotatable bonds is 6. The Labute approximate surface area is 136 Å². The van der Waals surface area contributed by atoms with Gasteiger partial charge in [-0.05, 0) is 23.1 Å². The first-order valence-corrected chi connectivity index (χ1v) is 7.46. The zero-order chi connectivity index (χ0) is 17.5. The van der Waals surface area contributed by atoms with Gasteiger partial charge in [-0.15, -0.1) is 0 Å². The van der Waals surface area contributed by atoms with E-state index in [1.807, 2.05) is 24.3 Å². The summed E-state index contributed by atoms with van der Waals surface area (Å²) < 4.78 is 4.45. The predicted molar refractivity (Wildman–Crippen MR) is 88.4 cm³/mol. The number of ether oxygens (including phenoxy) is 1. The molecule has 0 atom stereocenters. The fourth-order valence-corrected chi connectivity index (χ4v) is 1.84. The molecule has 6 nitrogen and oxygen atoms in total. The summed E-state index contributed by atoms with van der Waals surface area (Å²) in [5.41, 5.74) is 1.87. The van der Waals surface area contributed by atoms with E-state index in [-0.39, 0.29) is 30.6 Å². The number of nitrogens with one attached hydrogen (secondary N) is 2. The van der Waals surface area contributed by atoms with Gasteiger partial charge in [-0.2, -0.15) is 0 Å². The number of benzene rings is 1. The number of esters is 1. The van der Waals surface area contributed by atoms with E-state index in [0.29, 0.717) is 5.69 Å². The van der Waals surface area contributed by atoms with Crippen molar-refractivity contribution in [2.45, 2.75) is 39.0 Å². The van der Waals surface area contributed by atoms with Gasteiger partial charge in [-0.25, -0.2) is 4.79 Å². The zero-order valence-corrected chi connectivity index (χ0v) is 14.1. The largest absolute Gasteiger partial charge is 0.469 e. The second-order valence-electron chi connectivity index (χ2n) is 6.25. The summed E-state index contributed by atoms with van der Waals surface area (Å²) >= 11 is 0. The van der Waals surface area contributed by atoms with E-state index in [0.717, 1.165) is 0 Å². The molecular formula is C17H24N2O4. The Hall–Kier alpha value is -2.37. The smallest absolute Gasteiger partial charge is 0.319 e. The van der Waals surface area contributed by atoms with E-state index in [1.165, 1.54) is 12.7 Å². The number of ketones is 1. The molecule has 6 heteroatoms. The van der Waals surface area contributed by atoms with Crippen LogP contribution in [-0.4, -0.2) is 31.4 Å². The van der Waals surface area contributed by atoms with Crippen LogP contribution in [-0.2, 0) is 19.7 Å². The lowest BCUT2D eigenvalue weighted by atomic mass is 9.87. The van der Waals surface area contributed by atoms with Crippen LogP contribution in [0.2, 0.25) is 0 Å². The Morgan fingerprint density at radius 2 is 1.65 bits per heavy atom. The van der Waals surface area contributed by atoms with Crippen LogP contribution >= 0.6 is 0 Å². The highest BCUT2D eigenvalue weighted by Gasteiger charge is 2.13. The van der Waals surface area contributed by atoms with Crippen molar-refractivity contribution in [2.75, 3.05) is 19.0 Å². The van der Waals surface area contributed by atoms with Crippen LogP contribution in [0, 0.1) is 0 Å². The van der Waals surface area contributed by atoms with Crippen LogP contribution in [0.4, 0.5) is 10.5 Å². The molecule has 0 saturated carbocycles. The Morgan fingerprint density at radius 1 is 1.04 bits per heavy atom. The molecule has 0 unspecified atom stereocenters. The minimum absolute atomic E-state index is 0.0207. The maximum absolute atomic E-state index is 11.7. The maximum atomic E-state index is 11.7. The zero-order valence-electron chi connectivity index (χ0n) is 14.1. The van der Waals surface area contributed by atoms with E-state index >= 15 is 0 Å². The van der Waals surface area contributed by atoms with Gasteiger partial charge in [0.1, 0.15) is 0 Å². The summed E-state index contributed by atoms with van der Waals surface area (Å²) in [6.07, 6.45) is 0.0696. The van der Waals surface area contributed by atoms with Gasteiger partial charge in [0.15, 0.2) is 5.78 Å². The summed E-state index contributed by atoms with van der Waals surface area (Å²) in [6, 6.07) is 7.09. The summed E-state index contributed by atoms with van der Waals surface area (Å²) in [5, 5.41) is 5.12. The summed E-state index contributed by atoms with van der Waals surface area (Å²) in [4.78, 5) is 34.2. The number of amides is 2. The van der Waals surface area contributed by atoms with Crippen molar-refractivity contribution in [3.05, 3.63) is 29.8 Å². The highest BCUT2D eigenvalue weighted by Crippen LogP contribution is 2.23. The van der Waals surface area contributed by atoms with E-state index in [2.05, 4.69) is 36.1 Å². The van der Waals surface area contributed by atoms with Crippen LogP contribution < -0.4 is 10.6 Å². The molecule has 0 aliphatic rings. The molecule has 0 fully saturated rings. The molecule has 0 aromatic heterocycles. The number of anilines is 1. The van der Waals surface area contributed by atoms with Crippen molar-refractivity contribution in [2.24, 2.45) is 0 Å². The number of hydrogen-bond acceptors (Lipinski definition) is 4. The average Bonchev–Trinajstić information content (AvgIpc) is 2.50. The van der Waals surface area contributed by atoms with Crippen molar-refractivity contribution < 1.29 is 19.1 Å². The monoisotopic (exact) mass is 320 g/mol. The quantitative estimate of drug-likeness (QED) is 0.789. The molecule has 0 saturated heterocycles. The molecule has 0 spiro atoms. The van der Waals surface area contributed by atoms with Crippen LogP contribution in [0.15, 0.2) is 24.3 Å². The van der Waals surface area contributed by atoms with Crippen molar-refractivity contribution in [1.82, 2.24) is 5.32 Å². The van der Waals surface area contributed by atoms with E-state index in [9.17, 15) is 14.4 Å². The summed E-state index contributed by atoms with van der Waals surface area (Å²) in [5.74, 6) is -0.671. The first-order valence-electron chi connectivity index (χ1n) is 7.46. The van der Waals surface area contributed by atoms with E-state index in [1.54, 1.807) is 0 Å². The van der Waals surface area contributed by atoms with Gasteiger partial charge in [0.25, 0.3) is 0 Å². The lowest BCUT2D eigenvalue weighted by Crippen LogP contribution is -2.33. The number of carbonyl (C=O) groups excluding carboxylic acids is 3. The minimum Gasteiger partial charge on any atom is -0.469 e. The van der Waals surface area contributed by atoms with Crippen molar-refractivity contribution in [3.8, 4) is 0 Å². The van der Waals surface area contributed by atoms with Crippen LogP contribution in [0.3, 0.4) is 0 Å². The molecule has 1 rings (SSSR count). The first-order chi connectivity index (χ1) is 10.7. The topological polar surface area (TPSA) is 84.5 Å². The van der Waals surface area contributed by atoms with Gasteiger partial charge in [0.2, 0.25) is 0 Å². The lowest BCUT2D eigenvalue weighted by Gasteiger charge is -2.19. The highest BCUT2D eigenvalue weighted by molar-refractivity contribution is 5.93. The first kappa shape index (κ1) is 18.7. The molecule has 1 aromatic rings. The van der Waals surface area contributed by atoms with Crippen LogP contribution in [0.5, 0.6) is 0 Å². The lowest BCUT2D eigenvalue weighted by molar-refractivity contribution is -0.141. The normalized spacial score (nSPS) is 10.8. The molecule has 23 heavy (non-hydrogen) atoms. The number of methoxy groups -OCH3 is 1. The predicted octanol–water partition coefficient (Wildman–Crippen LogP) is 2.63. The third-order valence-electron chi connectivity index (χ3n) is 3.29. The van der Waals surface area contributed by atoms with Gasteiger partial charge in [0, 0.05) is 12.1 Å². The van der Waals surface area contributed by atoms with E-state index < -0.39 is 12.0 Å². The molecule has 0 aliphatic carbocycles. The van der Waals surface area contributed by atoms with Gasteiger partial charge in [-0.3, -0.25) is 9.59 Å². The Balaban J connectivity index is 2.39. The molecule has 0 radical (unpaired) electrons. The molecule has 0 aliphatic heterocycles. The van der Waals surface area contributed by atoms with Gasteiger partial charge >= 0.3 is 12.0 Å². The van der Waals surface area contributed by atoms with Crippen LogP contribution in [0.25, 0.3) is 0 Å². The molecule has 2 amide bonds. The Bertz CT molecular complexity index is 559. The molecule has 2 N–H and O–H groups in total. The number of urea groups is 1. The minimum atomic E-state index is -0.458. The highest BCUT2D eigenvalue weighted by atomic mass is 16.5. The van der Waals surface area contributed by atoms with Crippen LogP contribution in [0.1, 0.15) is 39.2 Å². The van der Waals surface area contributed by atoms with Crippen molar-refractivity contribution >= 4 is 23.5 Å². The third kappa shape index (κ3) is 6.95. The summed E-state index contributed by atoms with van der Waals surface area (Å²) in [6.45, 7) is 6.22. The number of Topliss-reactive ketones (excluding diaryl/α,β-unsaturated/α-hetero) is 1. The standard InChI is InChI=1S/C17H24N2O4/c1-17(2,3)12-5-7-13(8-6-12)19-16(22)18-11-14(20)9-10-15(21)23-4/h5-8H,9-11H2,1-4H3,(H2,18,19,22). The molecule has 0 bridgehead atoms. The van der Waals surface area contributed by atoms with Gasteiger partial charge < -0.3 is 15.4 Å². The molecule has 0 heterocycles. The second kappa shape index (κ2) is 8.31. The molecule has 126 valence electrons. The van der Waals surface area contributed by atoms with Crippen molar-refractivity contribution in [1.29, 1.82) is 0 Å². The SMILES string of the molecule is COC(=O)CCC(=O)CNC(=O)Nc1ccc(C(C)(C)C)cc1. The van der Waals surface area contributed by atoms with Gasteiger partial charge in [-0.1, -0.05) is 32.9 Å². The number of carbonyl (C=O) groups is 3. The molecular weight excluding hydrogens is 296 g/mol. The number of hydrogen-bond donors (Lipinski definition) is 2. The second-order valence-corrected chi connectivity index (χ2v) is 6.25. The average molecular weight is 320 g/mol. The fourth-order valence-electron chi connectivity index (χ4n) is 1.84. The van der Waals surface area contributed by atoms with E-state index in [4.69, 9.17) is 0 Å². The Morgan fingerprint density at radius 3 is 2.17 bits per heavy atom. The maximum Gasteiger partial charge on any atom is 0.319 e. The Kier molecular flexibility index (Phi) is 6.75.